The van der Waals surface area contributed by atoms with E-state index in [1.165, 1.54) is 23.5 Å². The number of aromatic nitrogens is 8. The molecule has 6 heterocycles. The molecule has 4 aromatic rings. The molecule has 10 atom stereocenters. The number of hydrogen-bond acceptors (Lipinski definition) is 17. The van der Waals surface area contributed by atoms with Crippen molar-refractivity contribution in [2.75, 3.05) is 31.3 Å². The van der Waals surface area contributed by atoms with Crippen molar-refractivity contribution in [1.82, 2.24) is 39.0 Å². The van der Waals surface area contributed by atoms with E-state index in [4.69, 9.17) is 34.3 Å². The van der Waals surface area contributed by atoms with Gasteiger partial charge in [-0.15, -0.1) is 0 Å². The van der Waals surface area contributed by atoms with Gasteiger partial charge >= 0.3 is 13.6 Å². The number of hydrogen-bond donors (Lipinski definition) is 7. The normalized spacial score (nSPS) is 37.1. The second kappa shape index (κ2) is 11.8. The lowest BCUT2D eigenvalue weighted by Crippen LogP contribution is -2.33. The van der Waals surface area contributed by atoms with E-state index in [0.29, 0.717) is 11.2 Å². The van der Waals surface area contributed by atoms with Crippen molar-refractivity contribution in [2.24, 2.45) is 11.8 Å². The molecule has 0 radical (unpaired) electrons. The first-order chi connectivity index (χ1) is 21.9. The van der Waals surface area contributed by atoms with Gasteiger partial charge in [-0.25, -0.2) is 29.1 Å². The van der Waals surface area contributed by atoms with Crippen molar-refractivity contribution in [2.45, 2.75) is 43.1 Å². The first-order valence-corrected chi connectivity index (χ1v) is 19.2. The van der Waals surface area contributed by atoms with Gasteiger partial charge in [0.1, 0.15) is 30.2 Å². The number of ether oxygens (including phenoxy) is 1. The van der Waals surface area contributed by atoms with E-state index in [0.717, 1.165) is 0 Å². The minimum absolute atomic E-state index is 0.0187. The lowest BCUT2D eigenvalue weighted by atomic mass is 9.99. The molecule has 0 spiro atoms. The lowest BCUT2D eigenvalue weighted by molar-refractivity contribution is -0.0501. The Kier molecular flexibility index (Phi) is 8.21. The van der Waals surface area contributed by atoms with Gasteiger partial charge in [-0.05, 0) is 6.42 Å². The van der Waals surface area contributed by atoms with Gasteiger partial charge in [0, 0.05) is 11.8 Å². The van der Waals surface area contributed by atoms with Crippen molar-refractivity contribution in [3.63, 3.8) is 0 Å². The summed E-state index contributed by atoms with van der Waals surface area (Å²) in [5.74, 6) is -1.73. The Morgan fingerprint density at radius 3 is 2.43 bits per heavy atom. The van der Waals surface area contributed by atoms with E-state index in [9.17, 15) is 24.1 Å². The Hall–Kier alpha value is -2.62. The van der Waals surface area contributed by atoms with Crippen LogP contribution < -0.4 is 17.0 Å². The monoisotopic (exact) mass is 718 g/mol. The van der Waals surface area contributed by atoms with Crippen molar-refractivity contribution >= 4 is 72.2 Å². The summed E-state index contributed by atoms with van der Waals surface area (Å²) in [5.41, 5.74) is 11.7. The highest BCUT2D eigenvalue weighted by molar-refractivity contribution is 8.44. The number of fused-ring (bicyclic) bond motifs is 5. The van der Waals surface area contributed by atoms with Gasteiger partial charge < -0.3 is 35.5 Å². The van der Waals surface area contributed by atoms with Gasteiger partial charge in [0.2, 0.25) is 5.95 Å². The van der Waals surface area contributed by atoms with Crippen LogP contribution in [0.25, 0.3) is 22.3 Å². The highest BCUT2D eigenvalue weighted by Gasteiger charge is 2.52. The van der Waals surface area contributed by atoms with E-state index in [1.807, 2.05) is 0 Å². The molecule has 7 rings (SSSR count). The molecule has 1 aliphatic carbocycles. The van der Waals surface area contributed by atoms with E-state index in [1.54, 1.807) is 4.57 Å². The Morgan fingerprint density at radius 2 is 1.67 bits per heavy atom. The summed E-state index contributed by atoms with van der Waals surface area (Å²) < 4.78 is 59.4. The zero-order valence-corrected chi connectivity index (χ0v) is 27.0. The molecule has 3 aliphatic rings. The molecule has 46 heavy (non-hydrogen) atoms. The third kappa shape index (κ3) is 5.64. The van der Waals surface area contributed by atoms with Crippen molar-refractivity contribution in [1.29, 1.82) is 0 Å². The molecule has 1 saturated carbocycles. The van der Waals surface area contributed by atoms with E-state index >= 15 is 0 Å². The van der Waals surface area contributed by atoms with Gasteiger partial charge in [-0.3, -0.25) is 27.9 Å². The number of thiol groups is 2. The summed E-state index contributed by atoms with van der Waals surface area (Å²) in [6.45, 7) is -9.84. The van der Waals surface area contributed by atoms with Gasteiger partial charge in [0.15, 0.2) is 28.9 Å². The number of aromatic amines is 1. The third-order valence-electron chi connectivity index (χ3n) is 8.28. The van der Waals surface area contributed by atoms with E-state index < -0.39 is 80.9 Å². The van der Waals surface area contributed by atoms with Gasteiger partial charge in [-0.1, -0.05) is 24.5 Å². The van der Waals surface area contributed by atoms with Gasteiger partial charge in [-0.2, -0.15) is 4.98 Å². The molecule has 2 aliphatic heterocycles. The summed E-state index contributed by atoms with van der Waals surface area (Å²) in [6.07, 6.45) is -1.89. The number of nitrogens with one attached hydrogen (secondary N) is 1. The lowest BCUT2D eigenvalue weighted by Gasteiger charge is -2.28. The predicted octanol–water partition coefficient (Wildman–Crippen LogP) is 0.445. The van der Waals surface area contributed by atoms with Crippen LogP contribution in [0, 0.1) is 11.8 Å². The fraction of sp³-hybridized carbons (Fsp3) is 0.545. The topological polar surface area (TPSA) is 280 Å². The van der Waals surface area contributed by atoms with Crippen LogP contribution in [0.2, 0.25) is 0 Å². The number of aliphatic hydroxyl groups excluding tert-OH is 2. The molecule has 2 saturated heterocycles. The maximum atomic E-state index is 13.7. The van der Waals surface area contributed by atoms with Crippen LogP contribution in [0.3, 0.4) is 0 Å². The molecule has 4 aromatic heterocycles. The number of nitrogens with two attached hydrogens (primary N) is 2. The van der Waals surface area contributed by atoms with Gasteiger partial charge in [0.05, 0.1) is 44.6 Å². The Bertz CT molecular complexity index is 1960. The number of imidazole rings is 2. The van der Waals surface area contributed by atoms with Crippen LogP contribution in [0.5, 0.6) is 0 Å². The molecule has 3 fully saturated rings. The second-order valence-corrected chi connectivity index (χ2v) is 16.7. The number of aliphatic hydroxyl groups is 2. The van der Waals surface area contributed by atoms with E-state index in [-0.39, 0.29) is 36.0 Å². The van der Waals surface area contributed by atoms with Crippen LogP contribution >= 0.6 is 38.1 Å². The largest absolute Gasteiger partial charge is 0.396 e. The average molecular weight is 719 g/mol. The standard InChI is InChI=1S/C22H28N10O10P2S2/c23-17-12-18(26-5-25-17)31(6-27-12)10-1-8-3-38-43(36,45)42-16-9(2-33)11(4-39-44(37,46)41-15(8)14(10)34)40-21(16)32-7-28-13-19(32)29-22(24)30-20(13)35/h5-11,14-16,21,33-34H,1-4H2,(H,36,45)(H,37,46)(H2,23,25,26)(H3,24,29,30,35)/t8-,9-,10-,11-,14+,15-,16-,21-,43-,44+/m1/s1. The molecular weight excluding hydrogens is 690 g/mol. The minimum atomic E-state index is -4.26. The quantitative estimate of drug-likeness (QED) is 0.112. The van der Waals surface area contributed by atoms with Crippen LogP contribution in [0.15, 0.2) is 23.8 Å². The number of anilines is 2. The molecule has 0 aromatic carbocycles. The predicted molar refractivity (Wildman–Crippen MR) is 165 cm³/mol. The zero-order valence-electron chi connectivity index (χ0n) is 23.4. The highest BCUT2D eigenvalue weighted by atomic mass is 32.7. The van der Waals surface area contributed by atoms with Crippen LogP contribution in [-0.2, 0) is 32.0 Å². The molecule has 24 heteroatoms. The molecule has 2 bridgehead atoms. The number of nitrogens with zero attached hydrogens (tertiary/aromatic N) is 7. The maximum Gasteiger partial charge on any atom is 0.386 e. The summed E-state index contributed by atoms with van der Waals surface area (Å²) in [5, 5.41) is 21.8. The third-order valence-corrected chi connectivity index (χ3v) is 11.5. The van der Waals surface area contributed by atoms with Crippen molar-refractivity contribution in [3.8, 4) is 0 Å². The fourth-order valence-electron chi connectivity index (χ4n) is 6.16. The van der Waals surface area contributed by atoms with Crippen LogP contribution in [-0.4, -0.2) is 93.5 Å². The Labute approximate surface area is 268 Å². The van der Waals surface area contributed by atoms with E-state index in [2.05, 4.69) is 54.4 Å². The SMILES string of the molecule is Nc1nc2c(ncn2[C@@H]2O[C@@H]3CO[P@](=O)(S)O[C@@H]4[C@@H](CO[P@@](=O)(S)O[C@@H]2[C@@H]3CO)C[C@@H](n2cnc3c(N)ncnc32)[C@@H]4O)c(=O)[nH]1. The minimum Gasteiger partial charge on any atom is -0.396 e. The van der Waals surface area contributed by atoms with Crippen molar-refractivity contribution < 1.29 is 42.2 Å². The molecule has 0 amide bonds. The zero-order chi connectivity index (χ0) is 32.5. The Balaban J connectivity index is 1.22. The van der Waals surface area contributed by atoms with Gasteiger partial charge in [0.25, 0.3) is 5.56 Å². The van der Waals surface area contributed by atoms with Crippen LogP contribution in [0.4, 0.5) is 11.8 Å². The molecule has 248 valence electrons. The number of H-pyrrole nitrogens is 1. The maximum absolute atomic E-state index is 13.7. The number of rotatable bonds is 3. The molecular formula is C22H28N10O10P2S2. The molecule has 7 N–H and O–H groups in total. The van der Waals surface area contributed by atoms with Crippen molar-refractivity contribution in [3.05, 3.63) is 29.3 Å². The fourth-order valence-corrected chi connectivity index (χ4v) is 9.22. The first kappa shape index (κ1) is 32.0. The Morgan fingerprint density at radius 1 is 0.978 bits per heavy atom. The summed E-state index contributed by atoms with van der Waals surface area (Å²) in [7, 11) is 0. The summed E-state index contributed by atoms with van der Waals surface area (Å²) in [6, 6.07) is -0.723. The highest BCUT2D eigenvalue weighted by Crippen LogP contribution is 2.61. The summed E-state index contributed by atoms with van der Waals surface area (Å²) in [4.78, 5) is 35.4. The first-order valence-electron chi connectivity index (χ1n) is 13.8. The van der Waals surface area contributed by atoms with Crippen LogP contribution in [0.1, 0.15) is 18.7 Å². The molecule has 20 nitrogen and oxygen atoms in total. The average Bonchev–Trinajstić information content (AvgIpc) is 3.75. The second-order valence-electron chi connectivity index (χ2n) is 11.0. The number of nitrogen functional groups attached to an aromatic ring is 2. The molecule has 0 unspecified atom stereocenters. The smallest absolute Gasteiger partial charge is 0.386 e. The summed E-state index contributed by atoms with van der Waals surface area (Å²) >= 11 is 8.35.